The van der Waals surface area contributed by atoms with Gasteiger partial charge in [0.1, 0.15) is 6.10 Å². The summed E-state index contributed by atoms with van der Waals surface area (Å²) in [5, 5.41) is 17.5. The molecule has 1 aromatic carbocycles. The number of para-hydroxylation sites is 1. The Morgan fingerprint density at radius 3 is 2.70 bits per heavy atom. The van der Waals surface area contributed by atoms with E-state index in [4.69, 9.17) is 9.84 Å². The minimum absolute atomic E-state index is 0.0632. The van der Waals surface area contributed by atoms with Gasteiger partial charge in [0.2, 0.25) is 0 Å². The van der Waals surface area contributed by atoms with Crippen molar-refractivity contribution < 1.29 is 14.6 Å². The van der Waals surface area contributed by atoms with Crippen LogP contribution in [0.1, 0.15) is 18.9 Å². The average molecular weight is 293 g/mol. The second-order valence-electron chi connectivity index (χ2n) is 4.07. The van der Waals surface area contributed by atoms with Crippen molar-refractivity contribution in [3.63, 3.8) is 0 Å². The molecule has 7 heteroatoms. The molecule has 0 aliphatic heterocycles. The number of hydrogen-bond acceptors (Lipinski definition) is 5. The first-order valence-corrected chi connectivity index (χ1v) is 7.00. The lowest BCUT2D eigenvalue weighted by Crippen LogP contribution is -2.08. The van der Waals surface area contributed by atoms with Crippen molar-refractivity contribution in [3.05, 3.63) is 36.2 Å². The van der Waals surface area contributed by atoms with Crippen LogP contribution in [0.2, 0.25) is 0 Å². The molecule has 0 saturated carbocycles. The number of benzene rings is 1. The Morgan fingerprint density at radius 1 is 1.40 bits per heavy atom. The number of aromatic nitrogens is 3. The van der Waals surface area contributed by atoms with Gasteiger partial charge in [0.25, 0.3) is 0 Å². The van der Waals surface area contributed by atoms with E-state index in [1.54, 1.807) is 7.11 Å². The maximum Gasteiger partial charge on any atom is 0.313 e. The largest absolute Gasteiger partial charge is 0.481 e. The Morgan fingerprint density at radius 2 is 2.10 bits per heavy atom. The van der Waals surface area contributed by atoms with Gasteiger partial charge in [0.05, 0.1) is 5.75 Å². The quantitative estimate of drug-likeness (QED) is 0.822. The van der Waals surface area contributed by atoms with Crippen molar-refractivity contribution in [2.24, 2.45) is 0 Å². The van der Waals surface area contributed by atoms with Crippen molar-refractivity contribution in [1.82, 2.24) is 14.8 Å². The summed E-state index contributed by atoms with van der Waals surface area (Å²) in [4.78, 5) is 10.7. The number of thioether (sulfide) groups is 1. The van der Waals surface area contributed by atoms with E-state index >= 15 is 0 Å². The molecule has 0 spiro atoms. The third kappa shape index (κ3) is 3.17. The average Bonchev–Trinajstić information content (AvgIpc) is 2.89. The van der Waals surface area contributed by atoms with Crippen molar-refractivity contribution in [3.8, 4) is 5.69 Å². The zero-order valence-electron chi connectivity index (χ0n) is 11.2. The zero-order chi connectivity index (χ0) is 14.5. The molecule has 0 aliphatic rings. The summed E-state index contributed by atoms with van der Waals surface area (Å²) in [6.45, 7) is 1.87. The minimum Gasteiger partial charge on any atom is -0.481 e. The van der Waals surface area contributed by atoms with E-state index < -0.39 is 5.97 Å². The minimum atomic E-state index is -0.890. The highest BCUT2D eigenvalue weighted by Gasteiger charge is 2.19. The molecule has 0 saturated heterocycles. The standard InChI is InChI=1S/C13H15N3O3S/c1-9(19-2)12-14-15-13(20-8-11(17)18)16(12)10-6-4-3-5-7-10/h3-7,9H,8H2,1-2H3,(H,17,18). The molecule has 1 aromatic heterocycles. The first-order valence-electron chi connectivity index (χ1n) is 6.01. The summed E-state index contributed by atoms with van der Waals surface area (Å²) in [7, 11) is 1.60. The summed E-state index contributed by atoms with van der Waals surface area (Å²) in [5.41, 5.74) is 0.879. The number of rotatable bonds is 6. The van der Waals surface area contributed by atoms with E-state index in [2.05, 4.69) is 10.2 Å². The Bertz CT molecular complexity index is 586. The van der Waals surface area contributed by atoms with Crippen LogP contribution in [-0.2, 0) is 9.53 Å². The van der Waals surface area contributed by atoms with E-state index in [0.29, 0.717) is 11.0 Å². The molecular weight excluding hydrogens is 278 g/mol. The molecule has 1 heterocycles. The third-order valence-corrected chi connectivity index (χ3v) is 3.63. The van der Waals surface area contributed by atoms with Crippen LogP contribution in [0.15, 0.2) is 35.5 Å². The summed E-state index contributed by atoms with van der Waals surface area (Å²) in [6.07, 6.45) is -0.234. The third-order valence-electron chi connectivity index (χ3n) is 2.71. The molecule has 0 fully saturated rings. The lowest BCUT2D eigenvalue weighted by molar-refractivity contribution is -0.133. The molecule has 1 N–H and O–H groups in total. The van der Waals surface area contributed by atoms with Crippen LogP contribution in [-0.4, -0.2) is 38.7 Å². The fraction of sp³-hybridized carbons (Fsp3) is 0.308. The lowest BCUT2D eigenvalue weighted by Gasteiger charge is -2.13. The smallest absolute Gasteiger partial charge is 0.313 e. The Hall–Kier alpha value is -1.86. The second kappa shape index (κ2) is 6.53. The molecule has 2 aromatic rings. The van der Waals surface area contributed by atoms with Crippen molar-refractivity contribution >= 4 is 17.7 Å². The van der Waals surface area contributed by atoms with Crippen LogP contribution in [0.4, 0.5) is 0 Å². The fourth-order valence-electron chi connectivity index (χ4n) is 1.69. The predicted octanol–water partition coefficient (Wildman–Crippen LogP) is 2.15. The monoisotopic (exact) mass is 293 g/mol. The van der Waals surface area contributed by atoms with Crippen molar-refractivity contribution in [2.75, 3.05) is 12.9 Å². The van der Waals surface area contributed by atoms with E-state index in [1.165, 1.54) is 0 Å². The molecule has 106 valence electrons. The number of hydrogen-bond donors (Lipinski definition) is 1. The molecule has 1 atom stereocenters. The van der Waals surface area contributed by atoms with Crippen LogP contribution in [0.3, 0.4) is 0 Å². The second-order valence-corrected chi connectivity index (χ2v) is 5.01. The molecule has 1 unspecified atom stereocenters. The molecule has 2 rings (SSSR count). The Labute approximate surface area is 120 Å². The number of carboxylic acids is 1. The molecule has 0 bridgehead atoms. The van der Waals surface area contributed by atoms with Crippen LogP contribution in [0.25, 0.3) is 5.69 Å². The number of aliphatic carboxylic acids is 1. The first kappa shape index (κ1) is 14.5. The van der Waals surface area contributed by atoms with Gasteiger partial charge in [-0.3, -0.25) is 9.36 Å². The maximum absolute atomic E-state index is 10.7. The number of carbonyl (C=O) groups is 1. The molecule has 0 amide bonds. The van der Waals surface area contributed by atoms with Crippen LogP contribution >= 0.6 is 11.8 Å². The van der Waals surface area contributed by atoms with Gasteiger partial charge in [-0.25, -0.2) is 0 Å². The van der Waals surface area contributed by atoms with Crippen LogP contribution in [0, 0.1) is 0 Å². The van der Waals surface area contributed by atoms with Gasteiger partial charge in [-0.2, -0.15) is 0 Å². The maximum atomic E-state index is 10.7. The fourth-order valence-corrected chi connectivity index (χ4v) is 2.37. The zero-order valence-corrected chi connectivity index (χ0v) is 12.0. The van der Waals surface area contributed by atoms with Gasteiger partial charge >= 0.3 is 5.97 Å². The van der Waals surface area contributed by atoms with Gasteiger partial charge in [-0.05, 0) is 19.1 Å². The van der Waals surface area contributed by atoms with Crippen LogP contribution < -0.4 is 0 Å². The highest BCUT2D eigenvalue weighted by molar-refractivity contribution is 7.99. The topological polar surface area (TPSA) is 77.2 Å². The predicted molar refractivity (Wildman–Crippen MR) is 75.1 cm³/mol. The number of nitrogens with zero attached hydrogens (tertiary/aromatic N) is 3. The lowest BCUT2D eigenvalue weighted by atomic mass is 10.3. The number of methoxy groups -OCH3 is 1. The molecule has 6 nitrogen and oxygen atoms in total. The van der Waals surface area contributed by atoms with Gasteiger partial charge in [0.15, 0.2) is 11.0 Å². The van der Waals surface area contributed by atoms with Crippen molar-refractivity contribution in [2.45, 2.75) is 18.2 Å². The number of carboxylic acid groups (broad SMARTS) is 1. The SMILES string of the molecule is COC(C)c1nnc(SCC(=O)O)n1-c1ccccc1. The summed E-state index contributed by atoms with van der Waals surface area (Å²) < 4.78 is 7.11. The van der Waals surface area contributed by atoms with E-state index in [1.807, 2.05) is 41.8 Å². The van der Waals surface area contributed by atoms with Crippen molar-refractivity contribution in [1.29, 1.82) is 0 Å². The van der Waals surface area contributed by atoms with Gasteiger partial charge < -0.3 is 9.84 Å². The van der Waals surface area contributed by atoms with E-state index in [-0.39, 0.29) is 11.9 Å². The Balaban J connectivity index is 2.43. The molecule has 20 heavy (non-hydrogen) atoms. The molecule has 0 radical (unpaired) electrons. The summed E-state index contributed by atoms with van der Waals surface area (Å²) in [5.74, 6) is -0.308. The van der Waals surface area contributed by atoms with Crippen LogP contribution in [0.5, 0.6) is 0 Å². The highest BCUT2D eigenvalue weighted by atomic mass is 32.2. The highest BCUT2D eigenvalue weighted by Crippen LogP contribution is 2.25. The molecular formula is C13H15N3O3S. The number of ether oxygens (including phenoxy) is 1. The van der Waals surface area contributed by atoms with Gasteiger partial charge in [0, 0.05) is 12.8 Å². The van der Waals surface area contributed by atoms with E-state index in [0.717, 1.165) is 17.4 Å². The first-order chi connectivity index (χ1) is 9.63. The van der Waals surface area contributed by atoms with E-state index in [9.17, 15) is 4.79 Å². The molecule has 0 aliphatic carbocycles. The summed E-state index contributed by atoms with van der Waals surface area (Å²) >= 11 is 1.13. The van der Waals surface area contributed by atoms with Gasteiger partial charge in [-0.15, -0.1) is 10.2 Å². The normalized spacial score (nSPS) is 12.3. The Kier molecular flexibility index (Phi) is 4.75. The van der Waals surface area contributed by atoms with Gasteiger partial charge in [-0.1, -0.05) is 30.0 Å². The summed E-state index contributed by atoms with van der Waals surface area (Å²) in [6, 6.07) is 9.56.